The summed E-state index contributed by atoms with van der Waals surface area (Å²) in [5.41, 5.74) is 7.91. The summed E-state index contributed by atoms with van der Waals surface area (Å²) in [4.78, 5) is 15.1. The fraction of sp³-hybridized carbons (Fsp3) is 0.500. The topological polar surface area (TPSA) is 77.3 Å². The number of nitrogens with one attached hydrogen (secondary N) is 1. The molecule has 0 aliphatic heterocycles. The molecule has 2 aromatic rings. The molecule has 126 valence electrons. The molecule has 0 unspecified atom stereocenters. The van der Waals surface area contributed by atoms with Crippen LogP contribution in [0.3, 0.4) is 0 Å². The lowest BCUT2D eigenvalue weighted by Gasteiger charge is -2.06. The van der Waals surface area contributed by atoms with Crippen LogP contribution < -0.4 is 10.5 Å². The Kier molecular flexibility index (Phi) is 6.47. The van der Waals surface area contributed by atoms with E-state index < -0.39 is 0 Å². The van der Waals surface area contributed by atoms with Crippen molar-refractivity contribution in [2.24, 2.45) is 5.73 Å². The van der Waals surface area contributed by atoms with Crippen LogP contribution in [0.5, 0.6) is 5.75 Å². The Morgan fingerprint density at radius 1 is 1.22 bits per heavy atom. The van der Waals surface area contributed by atoms with Gasteiger partial charge in [0.15, 0.2) is 0 Å². The quantitative estimate of drug-likeness (QED) is 0.545. The minimum atomic E-state index is -0.369. The molecule has 0 radical (unpaired) electrons. The molecule has 0 aliphatic rings. The molecule has 0 amide bonds. The van der Waals surface area contributed by atoms with E-state index in [0.717, 1.165) is 28.6 Å². The van der Waals surface area contributed by atoms with Gasteiger partial charge in [-0.1, -0.05) is 26.2 Å². The third-order valence-corrected chi connectivity index (χ3v) is 3.83. The molecule has 5 heteroatoms. The van der Waals surface area contributed by atoms with E-state index in [1.54, 1.807) is 6.92 Å². The average molecular weight is 318 g/mol. The van der Waals surface area contributed by atoms with Gasteiger partial charge in [0.05, 0.1) is 13.2 Å². The van der Waals surface area contributed by atoms with Gasteiger partial charge in [-0.15, -0.1) is 0 Å². The van der Waals surface area contributed by atoms with Crippen molar-refractivity contribution in [3.8, 4) is 5.75 Å². The van der Waals surface area contributed by atoms with Gasteiger partial charge in [-0.25, -0.2) is 4.79 Å². The van der Waals surface area contributed by atoms with Crippen molar-refractivity contribution < 1.29 is 14.3 Å². The van der Waals surface area contributed by atoms with E-state index in [4.69, 9.17) is 15.2 Å². The van der Waals surface area contributed by atoms with E-state index in [-0.39, 0.29) is 12.5 Å². The molecular weight excluding hydrogens is 292 g/mol. The van der Waals surface area contributed by atoms with E-state index in [2.05, 4.69) is 11.9 Å². The summed E-state index contributed by atoms with van der Waals surface area (Å²) < 4.78 is 10.9. The lowest BCUT2D eigenvalue weighted by Crippen LogP contribution is -2.10. The number of ether oxygens (including phenoxy) is 2. The molecule has 1 aromatic carbocycles. The highest BCUT2D eigenvalue weighted by Crippen LogP contribution is 2.27. The van der Waals surface area contributed by atoms with Crippen LogP contribution in [-0.4, -0.2) is 24.2 Å². The fourth-order valence-corrected chi connectivity index (χ4v) is 2.62. The first-order valence-corrected chi connectivity index (χ1v) is 8.35. The molecule has 23 heavy (non-hydrogen) atoms. The van der Waals surface area contributed by atoms with Gasteiger partial charge in [-0.3, -0.25) is 0 Å². The van der Waals surface area contributed by atoms with Gasteiger partial charge >= 0.3 is 5.97 Å². The first-order valence-electron chi connectivity index (χ1n) is 8.35. The summed E-state index contributed by atoms with van der Waals surface area (Å²) in [6.07, 6.45) is 4.69. The number of hydrogen-bond donors (Lipinski definition) is 2. The Hall–Kier alpha value is -2.01. The monoisotopic (exact) mass is 318 g/mol. The van der Waals surface area contributed by atoms with Crippen molar-refractivity contribution in [3.63, 3.8) is 0 Å². The smallest absolute Gasteiger partial charge is 0.355 e. The zero-order valence-corrected chi connectivity index (χ0v) is 14.0. The lowest BCUT2D eigenvalue weighted by atomic mass is 10.1. The molecule has 0 saturated carbocycles. The maximum atomic E-state index is 12.0. The van der Waals surface area contributed by atoms with Crippen molar-refractivity contribution in [2.75, 3.05) is 13.2 Å². The maximum absolute atomic E-state index is 12.0. The van der Waals surface area contributed by atoms with E-state index in [1.807, 2.05) is 18.2 Å². The third-order valence-electron chi connectivity index (χ3n) is 3.83. The Bertz CT molecular complexity index is 649. The van der Waals surface area contributed by atoms with Crippen LogP contribution in [-0.2, 0) is 11.3 Å². The Morgan fingerprint density at radius 3 is 2.74 bits per heavy atom. The largest absolute Gasteiger partial charge is 0.494 e. The van der Waals surface area contributed by atoms with Gasteiger partial charge in [0.25, 0.3) is 0 Å². The highest BCUT2D eigenvalue weighted by atomic mass is 16.5. The number of fused-ring (bicyclic) bond motifs is 1. The van der Waals surface area contributed by atoms with Crippen LogP contribution >= 0.6 is 0 Å². The van der Waals surface area contributed by atoms with Gasteiger partial charge < -0.3 is 20.2 Å². The molecule has 3 N–H and O–H groups in total. The van der Waals surface area contributed by atoms with Crippen molar-refractivity contribution in [1.82, 2.24) is 4.98 Å². The summed E-state index contributed by atoms with van der Waals surface area (Å²) in [6.45, 7) is 5.29. The molecule has 1 aromatic heterocycles. The molecule has 0 bridgehead atoms. The van der Waals surface area contributed by atoms with Crippen LogP contribution in [0.2, 0.25) is 0 Å². The number of esters is 1. The lowest BCUT2D eigenvalue weighted by molar-refractivity contribution is 0.0519. The highest BCUT2D eigenvalue weighted by molar-refractivity contribution is 5.98. The molecule has 1 heterocycles. The molecule has 0 aliphatic carbocycles. The van der Waals surface area contributed by atoms with Gasteiger partial charge in [0.1, 0.15) is 11.4 Å². The molecule has 0 fully saturated rings. The van der Waals surface area contributed by atoms with Crippen LogP contribution in [0, 0.1) is 0 Å². The Morgan fingerprint density at radius 2 is 2.04 bits per heavy atom. The predicted octanol–water partition coefficient (Wildman–Crippen LogP) is 3.76. The average Bonchev–Trinajstić information content (AvgIpc) is 2.93. The number of nitrogens with two attached hydrogens (primary N) is 1. The van der Waals surface area contributed by atoms with Gasteiger partial charge in [0.2, 0.25) is 0 Å². The second-order valence-corrected chi connectivity index (χ2v) is 5.52. The van der Waals surface area contributed by atoms with Crippen LogP contribution in [0.25, 0.3) is 10.9 Å². The summed E-state index contributed by atoms with van der Waals surface area (Å²) in [5, 5.41) is 0.918. The van der Waals surface area contributed by atoms with Crippen LogP contribution in [0.4, 0.5) is 0 Å². The number of aromatic nitrogens is 1. The van der Waals surface area contributed by atoms with Crippen molar-refractivity contribution in [2.45, 2.75) is 46.1 Å². The number of H-pyrrole nitrogens is 1. The molecular formula is C18H26N2O3. The first-order chi connectivity index (χ1) is 11.2. The second kappa shape index (κ2) is 8.58. The molecule has 5 nitrogen and oxygen atoms in total. The van der Waals surface area contributed by atoms with E-state index in [1.165, 1.54) is 19.3 Å². The second-order valence-electron chi connectivity index (χ2n) is 5.52. The summed E-state index contributed by atoms with van der Waals surface area (Å²) in [7, 11) is 0. The van der Waals surface area contributed by atoms with Crippen molar-refractivity contribution in [1.29, 1.82) is 0 Å². The number of rotatable bonds is 9. The minimum Gasteiger partial charge on any atom is -0.494 e. The van der Waals surface area contributed by atoms with E-state index in [0.29, 0.717) is 18.9 Å². The minimum absolute atomic E-state index is 0.272. The maximum Gasteiger partial charge on any atom is 0.355 e. The zero-order chi connectivity index (χ0) is 16.7. The molecule has 0 spiro atoms. The predicted molar refractivity (Wildman–Crippen MR) is 91.8 cm³/mol. The number of hydrogen-bond acceptors (Lipinski definition) is 4. The van der Waals surface area contributed by atoms with Crippen LogP contribution in [0.1, 0.15) is 55.6 Å². The van der Waals surface area contributed by atoms with Gasteiger partial charge in [0, 0.05) is 23.0 Å². The van der Waals surface area contributed by atoms with Crippen molar-refractivity contribution >= 4 is 16.9 Å². The van der Waals surface area contributed by atoms with Gasteiger partial charge in [-0.05, 0) is 31.5 Å². The first kappa shape index (κ1) is 17.3. The molecule has 0 atom stereocenters. The molecule has 0 saturated heterocycles. The Balaban J connectivity index is 2.16. The van der Waals surface area contributed by atoms with E-state index in [9.17, 15) is 4.79 Å². The standard InChI is InChI=1S/C18H26N2O3/c1-3-5-6-7-10-23-13-8-9-16-14(11-13)15(12-19)17(20-16)18(21)22-4-2/h8-9,11,20H,3-7,10,12,19H2,1-2H3. The van der Waals surface area contributed by atoms with Crippen molar-refractivity contribution in [3.05, 3.63) is 29.5 Å². The zero-order valence-electron chi connectivity index (χ0n) is 14.0. The summed E-state index contributed by atoms with van der Waals surface area (Å²) in [5.74, 6) is 0.435. The Labute approximate surface area is 137 Å². The number of carbonyl (C=O) groups excluding carboxylic acids is 1. The van der Waals surface area contributed by atoms with Gasteiger partial charge in [-0.2, -0.15) is 0 Å². The SMILES string of the molecule is CCCCCCOc1ccc2[nH]c(C(=O)OCC)c(CN)c2c1. The molecule has 2 rings (SSSR count). The normalized spacial score (nSPS) is 10.9. The number of unbranched alkanes of at least 4 members (excludes halogenated alkanes) is 3. The summed E-state index contributed by atoms with van der Waals surface area (Å²) in [6, 6.07) is 5.77. The fourth-order valence-electron chi connectivity index (χ4n) is 2.62. The third kappa shape index (κ3) is 4.26. The van der Waals surface area contributed by atoms with E-state index >= 15 is 0 Å². The highest BCUT2D eigenvalue weighted by Gasteiger charge is 2.18. The number of aromatic amines is 1. The number of carbonyl (C=O) groups is 1. The summed E-state index contributed by atoms with van der Waals surface area (Å²) >= 11 is 0. The van der Waals surface area contributed by atoms with Crippen LogP contribution in [0.15, 0.2) is 18.2 Å². The number of benzene rings is 1.